The first-order valence-electron chi connectivity index (χ1n) is 9.22. The quantitative estimate of drug-likeness (QED) is 0.786. The molecule has 0 aromatic heterocycles. The highest BCUT2D eigenvalue weighted by atomic mass is 16.3. The molecular formula is C18H37N3O. The summed E-state index contributed by atoms with van der Waals surface area (Å²) in [4.78, 5) is 4.79. The minimum atomic E-state index is -0.640. The third kappa shape index (κ3) is 5.48. The van der Waals surface area contributed by atoms with Crippen molar-refractivity contribution in [3.63, 3.8) is 0 Å². The van der Waals surface area contributed by atoms with E-state index in [2.05, 4.69) is 22.0 Å². The second kappa shape index (κ2) is 8.09. The molecule has 3 atom stereocenters. The molecule has 1 saturated heterocycles. The Labute approximate surface area is 137 Å². The van der Waals surface area contributed by atoms with Crippen molar-refractivity contribution >= 4 is 0 Å². The molecular weight excluding hydrogens is 274 g/mol. The zero-order valence-electron chi connectivity index (χ0n) is 15.1. The van der Waals surface area contributed by atoms with Gasteiger partial charge in [0.15, 0.2) is 0 Å². The van der Waals surface area contributed by atoms with Crippen LogP contribution in [0.5, 0.6) is 0 Å². The smallest absolute Gasteiger partial charge is 0.0869 e. The van der Waals surface area contributed by atoms with Crippen molar-refractivity contribution in [3.05, 3.63) is 0 Å². The van der Waals surface area contributed by atoms with E-state index in [1.54, 1.807) is 0 Å². The maximum atomic E-state index is 10.4. The third-order valence-electron chi connectivity index (χ3n) is 5.49. The van der Waals surface area contributed by atoms with Crippen LogP contribution in [0.4, 0.5) is 0 Å². The van der Waals surface area contributed by atoms with Gasteiger partial charge < -0.3 is 20.2 Å². The first-order valence-corrected chi connectivity index (χ1v) is 9.22. The van der Waals surface area contributed by atoms with Crippen LogP contribution in [0.2, 0.25) is 0 Å². The van der Waals surface area contributed by atoms with Crippen molar-refractivity contribution in [1.29, 1.82) is 0 Å². The van der Waals surface area contributed by atoms with E-state index in [0.29, 0.717) is 19.1 Å². The summed E-state index contributed by atoms with van der Waals surface area (Å²) in [6.45, 7) is 8.21. The van der Waals surface area contributed by atoms with E-state index in [9.17, 15) is 5.11 Å². The lowest BCUT2D eigenvalue weighted by atomic mass is 9.84. The van der Waals surface area contributed by atoms with Gasteiger partial charge in [0.25, 0.3) is 0 Å². The van der Waals surface area contributed by atoms with Gasteiger partial charge in [0, 0.05) is 25.2 Å². The molecule has 0 amide bonds. The maximum absolute atomic E-state index is 10.4. The van der Waals surface area contributed by atoms with Gasteiger partial charge in [-0.1, -0.05) is 19.8 Å². The molecule has 4 heteroatoms. The Bertz CT molecular complexity index is 324. The van der Waals surface area contributed by atoms with E-state index in [4.69, 9.17) is 0 Å². The van der Waals surface area contributed by atoms with E-state index in [1.165, 1.54) is 51.6 Å². The molecule has 4 nitrogen and oxygen atoms in total. The summed E-state index contributed by atoms with van der Waals surface area (Å²) in [5.74, 6) is 0.874. The SMILES string of the molecule is CC1CCCCC1N1CCC(NCC(C)(O)CN(C)C)CC1. The predicted molar refractivity (Wildman–Crippen MR) is 93.2 cm³/mol. The molecule has 2 aliphatic rings. The molecule has 2 N–H and O–H groups in total. The third-order valence-corrected chi connectivity index (χ3v) is 5.49. The van der Waals surface area contributed by atoms with Crippen LogP contribution in [-0.2, 0) is 0 Å². The highest BCUT2D eigenvalue weighted by Gasteiger charge is 2.31. The molecule has 1 saturated carbocycles. The second-order valence-corrected chi connectivity index (χ2v) is 8.25. The number of aliphatic hydroxyl groups is 1. The Morgan fingerprint density at radius 2 is 1.77 bits per heavy atom. The van der Waals surface area contributed by atoms with Crippen LogP contribution in [0.1, 0.15) is 52.4 Å². The molecule has 22 heavy (non-hydrogen) atoms. The van der Waals surface area contributed by atoms with Crippen LogP contribution in [0.25, 0.3) is 0 Å². The molecule has 1 aliphatic heterocycles. The van der Waals surface area contributed by atoms with Crippen LogP contribution in [0, 0.1) is 5.92 Å². The lowest BCUT2D eigenvalue weighted by Gasteiger charge is -2.43. The lowest BCUT2D eigenvalue weighted by molar-refractivity contribution is 0.0257. The fourth-order valence-electron chi connectivity index (χ4n) is 4.38. The Kier molecular flexibility index (Phi) is 6.69. The fraction of sp³-hybridized carbons (Fsp3) is 1.00. The normalized spacial score (nSPS) is 31.4. The summed E-state index contributed by atoms with van der Waals surface area (Å²) in [6.07, 6.45) is 8.10. The Morgan fingerprint density at radius 1 is 1.14 bits per heavy atom. The highest BCUT2D eigenvalue weighted by Crippen LogP contribution is 2.29. The molecule has 0 bridgehead atoms. The minimum Gasteiger partial charge on any atom is -0.388 e. The average Bonchev–Trinajstić information content (AvgIpc) is 2.45. The van der Waals surface area contributed by atoms with Gasteiger partial charge in [-0.25, -0.2) is 0 Å². The first-order chi connectivity index (χ1) is 10.4. The van der Waals surface area contributed by atoms with E-state index in [0.717, 1.165) is 12.0 Å². The van der Waals surface area contributed by atoms with Crippen molar-refractivity contribution < 1.29 is 5.11 Å². The van der Waals surface area contributed by atoms with Crippen molar-refractivity contribution in [3.8, 4) is 0 Å². The van der Waals surface area contributed by atoms with Crippen LogP contribution >= 0.6 is 0 Å². The van der Waals surface area contributed by atoms with Crippen molar-refractivity contribution in [2.24, 2.45) is 5.92 Å². The largest absolute Gasteiger partial charge is 0.388 e. The molecule has 1 heterocycles. The van der Waals surface area contributed by atoms with E-state index < -0.39 is 5.60 Å². The number of rotatable bonds is 6. The highest BCUT2D eigenvalue weighted by molar-refractivity contribution is 4.88. The fourth-order valence-corrected chi connectivity index (χ4v) is 4.38. The van der Waals surface area contributed by atoms with Gasteiger partial charge in [-0.05, 0) is 65.7 Å². The Balaban J connectivity index is 1.71. The number of likely N-dealkylation sites (N-methyl/N-ethyl adjacent to an activating group) is 1. The van der Waals surface area contributed by atoms with E-state index >= 15 is 0 Å². The van der Waals surface area contributed by atoms with Gasteiger partial charge in [0.2, 0.25) is 0 Å². The number of nitrogens with one attached hydrogen (secondary N) is 1. The average molecular weight is 312 g/mol. The van der Waals surface area contributed by atoms with Crippen molar-refractivity contribution in [1.82, 2.24) is 15.1 Å². The molecule has 2 rings (SSSR count). The predicted octanol–water partition coefficient (Wildman–Crippen LogP) is 1.93. The summed E-state index contributed by atoms with van der Waals surface area (Å²) < 4.78 is 0. The number of piperidine rings is 1. The minimum absolute atomic E-state index is 0.573. The van der Waals surface area contributed by atoms with Gasteiger partial charge in [0.05, 0.1) is 5.60 Å². The van der Waals surface area contributed by atoms with Crippen LogP contribution < -0.4 is 5.32 Å². The summed E-state index contributed by atoms with van der Waals surface area (Å²) in [6, 6.07) is 1.40. The molecule has 1 aliphatic carbocycles. The molecule has 0 spiro atoms. The molecule has 130 valence electrons. The van der Waals surface area contributed by atoms with Crippen molar-refractivity contribution in [2.75, 3.05) is 40.3 Å². The summed E-state index contributed by atoms with van der Waals surface area (Å²) in [7, 11) is 4.02. The Hall–Kier alpha value is -0.160. The van der Waals surface area contributed by atoms with Crippen LogP contribution in [0.3, 0.4) is 0 Å². The van der Waals surface area contributed by atoms with Gasteiger partial charge >= 0.3 is 0 Å². The standard InChI is InChI=1S/C18H37N3O/c1-15-7-5-6-8-17(15)21-11-9-16(10-12-21)19-13-18(2,22)14-20(3)4/h15-17,19,22H,5-14H2,1-4H3. The van der Waals surface area contributed by atoms with Crippen molar-refractivity contribution in [2.45, 2.75) is 70.1 Å². The van der Waals surface area contributed by atoms with Crippen LogP contribution in [-0.4, -0.2) is 72.9 Å². The van der Waals surface area contributed by atoms with Gasteiger partial charge in [-0.3, -0.25) is 0 Å². The van der Waals surface area contributed by atoms with E-state index in [-0.39, 0.29) is 0 Å². The second-order valence-electron chi connectivity index (χ2n) is 8.25. The molecule has 0 radical (unpaired) electrons. The Morgan fingerprint density at radius 3 is 2.36 bits per heavy atom. The number of hydrogen-bond donors (Lipinski definition) is 2. The summed E-state index contributed by atoms with van der Waals surface area (Å²) in [5, 5.41) is 14.0. The summed E-state index contributed by atoms with van der Waals surface area (Å²) >= 11 is 0. The van der Waals surface area contributed by atoms with Gasteiger partial charge in [-0.2, -0.15) is 0 Å². The zero-order chi connectivity index (χ0) is 16.2. The summed E-state index contributed by atoms with van der Waals surface area (Å²) in [5.41, 5.74) is -0.640. The molecule has 0 aromatic rings. The first kappa shape index (κ1) is 18.2. The molecule has 2 fully saturated rings. The van der Waals surface area contributed by atoms with E-state index in [1.807, 2.05) is 21.0 Å². The van der Waals surface area contributed by atoms with Gasteiger partial charge in [-0.15, -0.1) is 0 Å². The monoisotopic (exact) mass is 311 g/mol. The number of likely N-dealkylation sites (tertiary alicyclic amines) is 1. The number of hydrogen-bond acceptors (Lipinski definition) is 4. The van der Waals surface area contributed by atoms with Crippen LogP contribution in [0.15, 0.2) is 0 Å². The number of nitrogens with zero attached hydrogens (tertiary/aromatic N) is 2. The molecule has 0 aromatic carbocycles. The van der Waals surface area contributed by atoms with Gasteiger partial charge in [0.1, 0.15) is 0 Å². The molecule has 3 unspecified atom stereocenters. The topological polar surface area (TPSA) is 38.7 Å². The maximum Gasteiger partial charge on any atom is 0.0869 e. The zero-order valence-corrected chi connectivity index (χ0v) is 15.1. The lowest BCUT2D eigenvalue weighted by Crippen LogP contribution is -2.53.